The Morgan fingerprint density at radius 3 is 2.27 bits per heavy atom. The average Bonchev–Trinajstić information content (AvgIpc) is 3.14. The first kappa shape index (κ1) is 17.6. The van der Waals surface area contributed by atoms with Crippen LogP contribution in [-0.4, -0.2) is 16.8 Å². The minimum atomic E-state index is -4.72. The predicted molar refractivity (Wildman–Crippen MR) is 90.1 cm³/mol. The highest BCUT2D eigenvalue weighted by molar-refractivity contribution is 5.97. The van der Waals surface area contributed by atoms with Crippen LogP contribution in [0.4, 0.5) is 13.2 Å². The molecule has 26 heavy (non-hydrogen) atoms. The van der Waals surface area contributed by atoms with Gasteiger partial charge in [-0.2, -0.15) is 0 Å². The fraction of sp³-hybridized carbons (Fsp3) is 0.105. The lowest BCUT2D eigenvalue weighted by molar-refractivity contribution is -0.274. The summed E-state index contributed by atoms with van der Waals surface area (Å²) in [5, 5.41) is 2.77. The number of carbonyl (C=O) groups excluding carboxylic acids is 1. The van der Waals surface area contributed by atoms with E-state index in [0.29, 0.717) is 11.1 Å². The standard InChI is InChI=1S/C19H15F3N2O2/c20-19(21,22)26-15-9-7-14(8-10-15)13-23-18(25)16-5-1-2-6-17(16)24-11-3-4-12-24/h1-12H,13H2,(H,23,25). The smallest absolute Gasteiger partial charge is 0.406 e. The predicted octanol–water partition coefficient (Wildman–Crippen LogP) is 4.31. The first-order valence-corrected chi connectivity index (χ1v) is 7.78. The highest BCUT2D eigenvalue weighted by Gasteiger charge is 2.30. The van der Waals surface area contributed by atoms with E-state index >= 15 is 0 Å². The van der Waals surface area contributed by atoms with Gasteiger partial charge in [-0.25, -0.2) is 0 Å². The molecule has 1 heterocycles. The summed E-state index contributed by atoms with van der Waals surface area (Å²) in [4.78, 5) is 12.5. The summed E-state index contributed by atoms with van der Waals surface area (Å²) in [7, 11) is 0. The van der Waals surface area contributed by atoms with Crippen LogP contribution in [0, 0.1) is 0 Å². The molecule has 0 radical (unpaired) electrons. The maximum absolute atomic E-state index is 12.5. The number of benzene rings is 2. The fourth-order valence-corrected chi connectivity index (χ4v) is 2.47. The van der Waals surface area contributed by atoms with Crippen molar-refractivity contribution in [3.63, 3.8) is 0 Å². The van der Waals surface area contributed by atoms with Crippen LogP contribution >= 0.6 is 0 Å². The lowest BCUT2D eigenvalue weighted by Gasteiger charge is -2.12. The van der Waals surface area contributed by atoms with Crippen LogP contribution in [0.1, 0.15) is 15.9 Å². The van der Waals surface area contributed by atoms with Crippen LogP contribution in [0.2, 0.25) is 0 Å². The molecule has 134 valence electrons. The molecule has 0 fully saturated rings. The first-order valence-electron chi connectivity index (χ1n) is 7.78. The second kappa shape index (κ2) is 7.35. The quantitative estimate of drug-likeness (QED) is 0.737. The maximum atomic E-state index is 12.5. The van der Waals surface area contributed by atoms with Crippen molar-refractivity contribution in [3.05, 3.63) is 84.2 Å². The molecule has 0 spiro atoms. The van der Waals surface area contributed by atoms with Crippen molar-refractivity contribution in [3.8, 4) is 11.4 Å². The van der Waals surface area contributed by atoms with Gasteiger partial charge in [-0.05, 0) is 42.0 Å². The van der Waals surface area contributed by atoms with E-state index < -0.39 is 6.36 Å². The normalized spacial score (nSPS) is 11.2. The third-order valence-corrected chi connectivity index (χ3v) is 3.64. The van der Waals surface area contributed by atoms with E-state index in [0.717, 1.165) is 5.69 Å². The molecule has 3 aromatic rings. The van der Waals surface area contributed by atoms with Gasteiger partial charge in [-0.3, -0.25) is 4.79 Å². The molecular weight excluding hydrogens is 345 g/mol. The number of hydrogen-bond donors (Lipinski definition) is 1. The van der Waals surface area contributed by atoms with Crippen LogP contribution in [0.5, 0.6) is 5.75 Å². The summed E-state index contributed by atoms with van der Waals surface area (Å²) in [6.45, 7) is 0.186. The number of carbonyl (C=O) groups is 1. The van der Waals surface area contributed by atoms with Crippen molar-refractivity contribution in [1.82, 2.24) is 9.88 Å². The van der Waals surface area contributed by atoms with Gasteiger partial charge in [-0.1, -0.05) is 24.3 Å². The average molecular weight is 360 g/mol. The molecule has 0 aliphatic rings. The van der Waals surface area contributed by atoms with Crippen LogP contribution in [0.25, 0.3) is 5.69 Å². The number of para-hydroxylation sites is 1. The Bertz CT molecular complexity index is 873. The second-order valence-corrected chi connectivity index (χ2v) is 5.48. The van der Waals surface area contributed by atoms with Crippen molar-refractivity contribution < 1.29 is 22.7 Å². The Kier molecular flexibility index (Phi) is 4.97. The van der Waals surface area contributed by atoms with E-state index in [-0.39, 0.29) is 18.2 Å². The zero-order chi connectivity index (χ0) is 18.6. The van der Waals surface area contributed by atoms with Crippen LogP contribution in [0.3, 0.4) is 0 Å². The molecule has 0 saturated heterocycles. The lowest BCUT2D eigenvalue weighted by Crippen LogP contribution is -2.24. The van der Waals surface area contributed by atoms with E-state index in [4.69, 9.17) is 0 Å². The highest BCUT2D eigenvalue weighted by Crippen LogP contribution is 2.22. The topological polar surface area (TPSA) is 43.3 Å². The summed E-state index contributed by atoms with van der Waals surface area (Å²) in [6.07, 6.45) is -1.05. The van der Waals surface area contributed by atoms with E-state index in [2.05, 4.69) is 10.1 Å². The molecule has 0 unspecified atom stereocenters. The molecule has 2 aromatic carbocycles. The molecule has 1 amide bonds. The summed E-state index contributed by atoms with van der Waals surface area (Å²) in [5.41, 5.74) is 1.90. The fourth-order valence-electron chi connectivity index (χ4n) is 2.47. The molecule has 0 aliphatic carbocycles. The molecule has 7 heteroatoms. The second-order valence-electron chi connectivity index (χ2n) is 5.48. The summed E-state index contributed by atoms with van der Waals surface area (Å²) < 4.78 is 42.1. The zero-order valence-corrected chi connectivity index (χ0v) is 13.5. The first-order chi connectivity index (χ1) is 12.4. The molecule has 0 aliphatic heterocycles. The number of amides is 1. The molecule has 4 nitrogen and oxygen atoms in total. The van der Waals surface area contributed by atoms with E-state index in [1.165, 1.54) is 24.3 Å². The molecule has 0 bridgehead atoms. The number of hydrogen-bond acceptors (Lipinski definition) is 2. The van der Waals surface area contributed by atoms with E-state index in [1.807, 2.05) is 41.2 Å². The van der Waals surface area contributed by atoms with Crippen molar-refractivity contribution in [2.24, 2.45) is 0 Å². The van der Waals surface area contributed by atoms with Gasteiger partial charge in [0.2, 0.25) is 0 Å². The third kappa shape index (κ3) is 4.44. The van der Waals surface area contributed by atoms with Crippen molar-refractivity contribution in [2.75, 3.05) is 0 Å². The van der Waals surface area contributed by atoms with E-state index in [9.17, 15) is 18.0 Å². The number of halogens is 3. The molecule has 1 N–H and O–H groups in total. The number of rotatable bonds is 5. The minimum absolute atomic E-state index is 0.186. The zero-order valence-electron chi connectivity index (χ0n) is 13.5. The summed E-state index contributed by atoms with van der Waals surface area (Å²) in [5.74, 6) is -0.574. The number of ether oxygens (including phenoxy) is 1. The monoisotopic (exact) mass is 360 g/mol. The van der Waals surface area contributed by atoms with Crippen molar-refractivity contribution >= 4 is 5.91 Å². The summed E-state index contributed by atoms with van der Waals surface area (Å²) >= 11 is 0. The number of alkyl halides is 3. The minimum Gasteiger partial charge on any atom is -0.406 e. The van der Waals surface area contributed by atoms with Gasteiger partial charge in [0.25, 0.3) is 5.91 Å². The highest BCUT2D eigenvalue weighted by atomic mass is 19.4. The number of nitrogens with one attached hydrogen (secondary N) is 1. The maximum Gasteiger partial charge on any atom is 0.573 e. The SMILES string of the molecule is O=C(NCc1ccc(OC(F)(F)F)cc1)c1ccccc1-n1cccc1. The van der Waals surface area contributed by atoms with Gasteiger partial charge in [0, 0.05) is 18.9 Å². The largest absolute Gasteiger partial charge is 0.573 e. The molecule has 3 rings (SSSR count). The molecule has 0 atom stereocenters. The van der Waals surface area contributed by atoms with E-state index in [1.54, 1.807) is 12.1 Å². The molecule has 1 aromatic heterocycles. The Morgan fingerprint density at radius 1 is 0.962 bits per heavy atom. The van der Waals surface area contributed by atoms with Gasteiger partial charge >= 0.3 is 6.36 Å². The van der Waals surface area contributed by atoms with Gasteiger partial charge < -0.3 is 14.6 Å². The van der Waals surface area contributed by atoms with Crippen molar-refractivity contribution in [2.45, 2.75) is 12.9 Å². The summed E-state index contributed by atoms with van der Waals surface area (Å²) in [6, 6.07) is 16.2. The lowest BCUT2D eigenvalue weighted by atomic mass is 10.1. The van der Waals surface area contributed by atoms with Crippen molar-refractivity contribution in [1.29, 1.82) is 0 Å². The Balaban J connectivity index is 1.67. The van der Waals surface area contributed by atoms with Gasteiger partial charge in [-0.15, -0.1) is 13.2 Å². The van der Waals surface area contributed by atoms with Crippen LogP contribution in [0.15, 0.2) is 73.1 Å². The molecular formula is C19H15F3N2O2. The Morgan fingerprint density at radius 2 is 1.62 bits per heavy atom. The Hall–Kier alpha value is -3.22. The number of nitrogens with zero attached hydrogens (tertiary/aromatic N) is 1. The van der Waals surface area contributed by atoms with Crippen LogP contribution in [-0.2, 0) is 6.54 Å². The van der Waals surface area contributed by atoms with Gasteiger partial charge in [0.1, 0.15) is 5.75 Å². The third-order valence-electron chi connectivity index (χ3n) is 3.64. The van der Waals surface area contributed by atoms with Crippen LogP contribution < -0.4 is 10.1 Å². The molecule has 0 saturated carbocycles. The Labute approximate surface area is 147 Å². The van der Waals surface area contributed by atoms with Gasteiger partial charge in [0.05, 0.1) is 11.3 Å². The van der Waals surface area contributed by atoms with Gasteiger partial charge in [0.15, 0.2) is 0 Å². The number of aromatic nitrogens is 1.